The molecule has 4 heteroatoms. The van der Waals surface area contributed by atoms with Crippen LogP contribution >= 0.6 is 0 Å². The van der Waals surface area contributed by atoms with Gasteiger partial charge in [0.1, 0.15) is 6.04 Å². The van der Waals surface area contributed by atoms with Crippen molar-refractivity contribution in [1.29, 1.82) is 0 Å². The molecule has 0 fully saturated rings. The molecule has 3 N–H and O–H groups in total. The van der Waals surface area contributed by atoms with Crippen molar-refractivity contribution in [2.24, 2.45) is 5.73 Å². The second-order valence-corrected chi connectivity index (χ2v) is 3.86. The summed E-state index contributed by atoms with van der Waals surface area (Å²) in [5, 5.41) is 8.62. The summed E-state index contributed by atoms with van der Waals surface area (Å²) < 4.78 is 0. The number of hydrogen-bond donors (Lipinski definition) is 2. The summed E-state index contributed by atoms with van der Waals surface area (Å²) in [7, 11) is 0. The second-order valence-electron chi connectivity index (χ2n) is 3.86. The number of carboxylic acid groups (broad SMARTS) is 1. The van der Waals surface area contributed by atoms with Gasteiger partial charge in [0, 0.05) is 12.6 Å². The van der Waals surface area contributed by atoms with Crippen molar-refractivity contribution < 1.29 is 9.90 Å². The minimum Gasteiger partial charge on any atom is -0.480 e. The molecule has 0 aliphatic carbocycles. The number of carboxylic acids is 1. The predicted octanol–water partition coefficient (Wildman–Crippen LogP) is 0.909. The van der Waals surface area contributed by atoms with Gasteiger partial charge in [-0.25, -0.2) is 0 Å². The van der Waals surface area contributed by atoms with E-state index in [9.17, 15) is 4.79 Å². The molecule has 0 aliphatic rings. The summed E-state index contributed by atoms with van der Waals surface area (Å²) >= 11 is 0. The summed E-state index contributed by atoms with van der Waals surface area (Å²) in [5.74, 6) is -0.912. The zero-order valence-electron chi connectivity index (χ0n) is 9.36. The molecule has 0 aromatic rings. The van der Waals surface area contributed by atoms with Crippen LogP contribution in [0.5, 0.6) is 0 Å². The molecule has 0 saturated heterocycles. The van der Waals surface area contributed by atoms with Crippen molar-refractivity contribution >= 4 is 5.97 Å². The van der Waals surface area contributed by atoms with Gasteiger partial charge in [-0.05, 0) is 33.2 Å². The number of nitrogens with zero attached hydrogens (tertiary/aromatic N) is 1. The number of aliphatic carboxylic acids is 1. The maximum absolute atomic E-state index is 10.5. The average Bonchev–Trinajstić information content (AvgIpc) is 2.10. The topological polar surface area (TPSA) is 66.6 Å². The monoisotopic (exact) mass is 202 g/mol. The molecule has 0 radical (unpaired) electrons. The Hall–Kier alpha value is -0.610. The first-order valence-electron chi connectivity index (χ1n) is 5.21. The molecule has 0 amide bonds. The average molecular weight is 202 g/mol. The molecule has 0 heterocycles. The maximum Gasteiger partial charge on any atom is 0.320 e. The van der Waals surface area contributed by atoms with Crippen LogP contribution in [0.3, 0.4) is 0 Å². The van der Waals surface area contributed by atoms with Gasteiger partial charge in [-0.1, -0.05) is 6.92 Å². The van der Waals surface area contributed by atoms with E-state index in [0.29, 0.717) is 12.5 Å². The Bertz CT molecular complexity index is 172. The normalized spacial score (nSPS) is 13.6. The van der Waals surface area contributed by atoms with Gasteiger partial charge < -0.3 is 15.7 Å². The van der Waals surface area contributed by atoms with Gasteiger partial charge in [0.05, 0.1) is 0 Å². The highest BCUT2D eigenvalue weighted by atomic mass is 16.4. The molecule has 0 aromatic heterocycles. The van der Waals surface area contributed by atoms with Gasteiger partial charge in [0.2, 0.25) is 0 Å². The molecule has 0 bridgehead atoms. The van der Waals surface area contributed by atoms with E-state index in [2.05, 4.69) is 25.7 Å². The lowest BCUT2D eigenvalue weighted by molar-refractivity contribution is -0.138. The molecule has 84 valence electrons. The summed E-state index contributed by atoms with van der Waals surface area (Å²) in [5.41, 5.74) is 5.43. The third kappa shape index (κ3) is 5.19. The first-order chi connectivity index (χ1) is 6.49. The van der Waals surface area contributed by atoms with Crippen LogP contribution in [0.4, 0.5) is 0 Å². The van der Waals surface area contributed by atoms with Crippen LogP contribution in [-0.4, -0.2) is 41.1 Å². The largest absolute Gasteiger partial charge is 0.480 e. The highest BCUT2D eigenvalue weighted by Crippen LogP contribution is 2.02. The van der Waals surface area contributed by atoms with E-state index in [0.717, 1.165) is 19.5 Å². The number of rotatable bonds is 7. The van der Waals surface area contributed by atoms with Crippen molar-refractivity contribution in [3.05, 3.63) is 0 Å². The molecule has 1 unspecified atom stereocenters. The van der Waals surface area contributed by atoms with Crippen LogP contribution in [-0.2, 0) is 4.79 Å². The molecular weight excluding hydrogens is 180 g/mol. The second kappa shape index (κ2) is 6.79. The lowest BCUT2D eigenvalue weighted by Gasteiger charge is -2.26. The summed E-state index contributed by atoms with van der Waals surface area (Å²) in [6.07, 6.45) is 1.61. The number of carbonyl (C=O) groups is 1. The van der Waals surface area contributed by atoms with E-state index in [-0.39, 0.29) is 0 Å². The van der Waals surface area contributed by atoms with Crippen LogP contribution in [0.1, 0.15) is 33.6 Å². The molecule has 0 aromatic carbocycles. The Morgan fingerprint density at radius 3 is 2.36 bits per heavy atom. The molecular formula is C10H22N2O2. The molecule has 0 rings (SSSR count). The van der Waals surface area contributed by atoms with Gasteiger partial charge in [0.25, 0.3) is 0 Å². The Morgan fingerprint density at radius 1 is 1.43 bits per heavy atom. The van der Waals surface area contributed by atoms with Gasteiger partial charge in [-0.15, -0.1) is 0 Å². The summed E-state index contributed by atoms with van der Waals surface area (Å²) in [6, 6.07) is -0.274. The highest BCUT2D eigenvalue weighted by Gasteiger charge is 2.14. The molecule has 4 nitrogen and oxygen atoms in total. The number of hydrogen-bond acceptors (Lipinski definition) is 3. The van der Waals surface area contributed by atoms with E-state index in [1.165, 1.54) is 0 Å². The third-order valence-corrected chi connectivity index (χ3v) is 2.29. The fraction of sp³-hybridized carbons (Fsp3) is 0.900. The SMILES string of the molecule is CCCN(CCC(N)C(=O)O)C(C)C. The molecule has 0 spiro atoms. The first-order valence-corrected chi connectivity index (χ1v) is 5.21. The Labute approximate surface area is 86.1 Å². The van der Waals surface area contributed by atoms with Crippen LogP contribution < -0.4 is 5.73 Å². The first kappa shape index (κ1) is 13.4. The minimum atomic E-state index is -0.912. The van der Waals surface area contributed by atoms with Gasteiger partial charge >= 0.3 is 5.97 Å². The van der Waals surface area contributed by atoms with Crippen LogP contribution in [0.2, 0.25) is 0 Å². The molecule has 1 atom stereocenters. The predicted molar refractivity (Wildman–Crippen MR) is 57.2 cm³/mol. The zero-order chi connectivity index (χ0) is 11.1. The molecule has 0 saturated carbocycles. The number of nitrogens with two attached hydrogens (primary N) is 1. The van der Waals surface area contributed by atoms with E-state index >= 15 is 0 Å². The lowest BCUT2D eigenvalue weighted by atomic mass is 10.2. The maximum atomic E-state index is 10.5. The van der Waals surface area contributed by atoms with Crippen LogP contribution in [0.15, 0.2) is 0 Å². The van der Waals surface area contributed by atoms with Gasteiger partial charge in [0.15, 0.2) is 0 Å². The third-order valence-electron chi connectivity index (χ3n) is 2.29. The standard InChI is InChI=1S/C10H22N2O2/c1-4-6-12(8(2)3)7-5-9(11)10(13)14/h8-9H,4-7,11H2,1-3H3,(H,13,14). The van der Waals surface area contributed by atoms with Crippen molar-refractivity contribution in [1.82, 2.24) is 4.90 Å². The summed E-state index contributed by atoms with van der Waals surface area (Å²) in [4.78, 5) is 12.7. The van der Waals surface area contributed by atoms with Crippen molar-refractivity contribution in [2.75, 3.05) is 13.1 Å². The lowest BCUT2D eigenvalue weighted by Crippen LogP contribution is -2.38. The van der Waals surface area contributed by atoms with Gasteiger partial charge in [-0.3, -0.25) is 4.79 Å². The Kier molecular flexibility index (Phi) is 6.49. The quantitative estimate of drug-likeness (QED) is 0.644. The van der Waals surface area contributed by atoms with Crippen LogP contribution in [0, 0.1) is 0 Å². The smallest absolute Gasteiger partial charge is 0.320 e. The van der Waals surface area contributed by atoms with Crippen molar-refractivity contribution in [2.45, 2.75) is 45.7 Å². The van der Waals surface area contributed by atoms with E-state index in [1.54, 1.807) is 0 Å². The molecule has 0 aliphatic heterocycles. The van der Waals surface area contributed by atoms with Crippen molar-refractivity contribution in [3.63, 3.8) is 0 Å². The fourth-order valence-corrected chi connectivity index (χ4v) is 1.34. The van der Waals surface area contributed by atoms with Crippen molar-refractivity contribution in [3.8, 4) is 0 Å². The van der Waals surface area contributed by atoms with E-state index in [4.69, 9.17) is 10.8 Å². The summed E-state index contributed by atoms with van der Waals surface area (Å²) in [6.45, 7) is 8.11. The fourth-order valence-electron chi connectivity index (χ4n) is 1.34. The highest BCUT2D eigenvalue weighted by molar-refractivity contribution is 5.72. The Morgan fingerprint density at radius 2 is 2.00 bits per heavy atom. The zero-order valence-corrected chi connectivity index (χ0v) is 9.36. The molecule has 14 heavy (non-hydrogen) atoms. The minimum absolute atomic E-state index is 0.455. The van der Waals surface area contributed by atoms with E-state index < -0.39 is 12.0 Å². The van der Waals surface area contributed by atoms with Crippen LogP contribution in [0.25, 0.3) is 0 Å². The Balaban J connectivity index is 3.87. The van der Waals surface area contributed by atoms with Gasteiger partial charge in [-0.2, -0.15) is 0 Å². The van der Waals surface area contributed by atoms with E-state index in [1.807, 2.05) is 0 Å².